The molecule has 0 amide bonds. The third kappa shape index (κ3) is 4.40. The van der Waals surface area contributed by atoms with Crippen molar-refractivity contribution in [2.24, 2.45) is 0 Å². The molecule has 0 aliphatic carbocycles. The van der Waals surface area contributed by atoms with Crippen molar-refractivity contribution in [3.63, 3.8) is 0 Å². The third-order valence-electron chi connectivity index (χ3n) is 8.87. The molecule has 9 aromatic rings. The quantitative estimate of drug-likeness (QED) is 0.155. The van der Waals surface area contributed by atoms with E-state index in [0.29, 0.717) is 0 Å². The van der Waals surface area contributed by atoms with E-state index in [1.807, 2.05) is 23.1 Å². The lowest BCUT2D eigenvalue weighted by Gasteiger charge is -2.11. The number of nitrogens with two attached hydrogens (primary N) is 1. The highest BCUT2D eigenvalue weighted by Gasteiger charge is 2.15. The average molecular weight is 613 g/mol. The molecule has 9 rings (SSSR count). The Morgan fingerprint density at radius 1 is 0.556 bits per heavy atom. The number of aromatic nitrogens is 1. The first-order valence-electron chi connectivity index (χ1n) is 15.2. The number of nitrogen functional groups attached to an aromatic ring is 1. The van der Waals surface area contributed by atoms with Crippen molar-refractivity contribution in [2.45, 2.75) is 10.6 Å². The molecule has 0 radical (unpaired) electrons. The van der Waals surface area contributed by atoms with Crippen LogP contribution >= 0.6 is 23.1 Å². The fraction of sp³-hybridized carbons (Fsp3) is 0.0244. The van der Waals surface area contributed by atoms with Gasteiger partial charge in [0, 0.05) is 47.3 Å². The van der Waals surface area contributed by atoms with Crippen molar-refractivity contribution in [3.05, 3.63) is 151 Å². The lowest BCUT2D eigenvalue weighted by Crippen LogP contribution is -1.94. The predicted molar refractivity (Wildman–Crippen MR) is 197 cm³/mol. The Morgan fingerprint density at radius 3 is 2.16 bits per heavy atom. The summed E-state index contributed by atoms with van der Waals surface area (Å²) < 4.78 is 4.90. The fourth-order valence-electron chi connectivity index (χ4n) is 6.65. The number of rotatable bonds is 5. The van der Waals surface area contributed by atoms with Gasteiger partial charge in [0.2, 0.25) is 0 Å². The molecule has 0 bridgehead atoms. The number of anilines is 1. The lowest BCUT2D eigenvalue weighted by atomic mass is 10.0. The fourth-order valence-corrected chi connectivity index (χ4v) is 8.74. The first-order valence-corrected chi connectivity index (χ1v) is 17.0. The van der Waals surface area contributed by atoms with Gasteiger partial charge in [0.05, 0.1) is 16.7 Å². The van der Waals surface area contributed by atoms with Gasteiger partial charge in [0.1, 0.15) is 0 Å². The van der Waals surface area contributed by atoms with Crippen LogP contribution in [0.4, 0.5) is 5.69 Å². The van der Waals surface area contributed by atoms with Gasteiger partial charge in [-0.25, -0.2) is 0 Å². The highest BCUT2D eigenvalue weighted by molar-refractivity contribution is 7.98. The number of nitrogens with zero attached hydrogens (tertiary/aromatic N) is 1. The van der Waals surface area contributed by atoms with Gasteiger partial charge in [-0.2, -0.15) is 0 Å². The maximum absolute atomic E-state index is 6.86. The zero-order chi connectivity index (χ0) is 29.9. The largest absolute Gasteiger partial charge is 0.397 e. The molecule has 7 aromatic carbocycles. The summed E-state index contributed by atoms with van der Waals surface area (Å²) in [7, 11) is 0. The van der Waals surface area contributed by atoms with Crippen molar-refractivity contribution >= 4 is 81.5 Å². The molecule has 2 nitrogen and oxygen atoms in total. The number of hydrogen-bond donors (Lipinski definition) is 1. The molecule has 2 N–H and O–H groups in total. The maximum atomic E-state index is 6.86. The van der Waals surface area contributed by atoms with Crippen LogP contribution in [-0.2, 0) is 5.75 Å². The van der Waals surface area contributed by atoms with Gasteiger partial charge in [-0.3, -0.25) is 0 Å². The topological polar surface area (TPSA) is 30.9 Å². The van der Waals surface area contributed by atoms with Crippen molar-refractivity contribution in [2.75, 3.05) is 5.73 Å². The van der Waals surface area contributed by atoms with E-state index >= 15 is 0 Å². The minimum atomic E-state index is 0.855. The standard InChI is InChI=1S/C41H28N2S2/c42-41-38(21-20-37-40(41)33-19-16-30(24-39(33)45-37)27-8-2-1-3-9-27)44-25-26-14-17-31(18-15-26)43-35-13-7-6-12-32(35)34-22-28-10-4-5-11-29(28)23-36(34)43/h1-24H,25,42H2. The molecule has 2 heterocycles. The third-order valence-corrected chi connectivity index (χ3v) is 11.1. The number of hydrogen-bond acceptors (Lipinski definition) is 3. The van der Waals surface area contributed by atoms with Crippen LogP contribution in [0.1, 0.15) is 5.56 Å². The highest BCUT2D eigenvalue weighted by atomic mass is 32.2. The smallest absolute Gasteiger partial charge is 0.0547 e. The molecule has 2 aromatic heterocycles. The summed E-state index contributed by atoms with van der Waals surface area (Å²) in [4.78, 5) is 1.13. The second kappa shape index (κ2) is 10.6. The van der Waals surface area contributed by atoms with E-state index in [2.05, 4.69) is 150 Å². The van der Waals surface area contributed by atoms with E-state index < -0.39 is 0 Å². The van der Waals surface area contributed by atoms with Crippen LogP contribution in [0.15, 0.2) is 150 Å². The van der Waals surface area contributed by atoms with Crippen LogP contribution in [0.2, 0.25) is 0 Å². The molecule has 0 saturated heterocycles. The molecular formula is C41H28N2S2. The molecule has 0 aliphatic heterocycles. The summed E-state index contributed by atoms with van der Waals surface area (Å²) in [5, 5.41) is 7.50. The Hall–Kier alpha value is -5.03. The zero-order valence-corrected chi connectivity index (χ0v) is 26.0. The van der Waals surface area contributed by atoms with E-state index in [4.69, 9.17) is 5.73 Å². The molecule has 4 heteroatoms. The summed E-state index contributed by atoms with van der Waals surface area (Å²) in [6.07, 6.45) is 0. The Bertz CT molecular complexity index is 2540. The Labute approximate surface area is 269 Å². The van der Waals surface area contributed by atoms with Gasteiger partial charge in [-0.1, -0.05) is 97.1 Å². The molecule has 45 heavy (non-hydrogen) atoms. The second-order valence-electron chi connectivity index (χ2n) is 11.6. The molecule has 0 spiro atoms. The van der Waals surface area contributed by atoms with Crippen LogP contribution in [0.25, 0.3) is 69.6 Å². The summed E-state index contributed by atoms with van der Waals surface area (Å²) in [6, 6.07) is 52.7. The Morgan fingerprint density at radius 2 is 1.31 bits per heavy atom. The van der Waals surface area contributed by atoms with Gasteiger partial charge in [-0.15, -0.1) is 23.1 Å². The normalized spacial score (nSPS) is 11.8. The summed E-state index contributed by atoms with van der Waals surface area (Å²) in [6.45, 7) is 0. The highest BCUT2D eigenvalue weighted by Crippen LogP contribution is 2.43. The van der Waals surface area contributed by atoms with Gasteiger partial charge in [-0.05, 0) is 76.0 Å². The number of thiophene rings is 1. The second-order valence-corrected chi connectivity index (χ2v) is 13.7. The molecule has 0 fully saturated rings. The average Bonchev–Trinajstić information content (AvgIpc) is 3.63. The van der Waals surface area contributed by atoms with E-state index in [0.717, 1.165) is 16.3 Å². The van der Waals surface area contributed by atoms with Gasteiger partial charge < -0.3 is 10.3 Å². The van der Waals surface area contributed by atoms with Gasteiger partial charge >= 0.3 is 0 Å². The molecule has 0 atom stereocenters. The number of benzene rings is 7. The van der Waals surface area contributed by atoms with Gasteiger partial charge in [0.15, 0.2) is 0 Å². The van der Waals surface area contributed by atoms with Crippen molar-refractivity contribution in [1.82, 2.24) is 4.57 Å². The van der Waals surface area contributed by atoms with Gasteiger partial charge in [0.25, 0.3) is 0 Å². The van der Waals surface area contributed by atoms with Crippen molar-refractivity contribution in [1.29, 1.82) is 0 Å². The number of para-hydroxylation sites is 1. The Balaban J connectivity index is 1.03. The summed E-state index contributed by atoms with van der Waals surface area (Å²) in [5.41, 5.74) is 15.1. The van der Waals surface area contributed by atoms with Crippen molar-refractivity contribution in [3.8, 4) is 16.8 Å². The van der Waals surface area contributed by atoms with Crippen LogP contribution in [0, 0.1) is 0 Å². The van der Waals surface area contributed by atoms with E-state index in [1.165, 1.54) is 75.1 Å². The zero-order valence-electron chi connectivity index (χ0n) is 24.4. The van der Waals surface area contributed by atoms with E-state index in [-0.39, 0.29) is 0 Å². The number of thioether (sulfide) groups is 1. The van der Waals surface area contributed by atoms with Crippen LogP contribution < -0.4 is 5.73 Å². The van der Waals surface area contributed by atoms with Crippen LogP contribution in [-0.4, -0.2) is 4.57 Å². The SMILES string of the molecule is Nc1c(SCc2ccc(-n3c4ccccc4c4cc5ccccc5cc43)cc2)ccc2sc3cc(-c4ccccc4)ccc3c12. The van der Waals surface area contributed by atoms with E-state index in [9.17, 15) is 0 Å². The van der Waals surface area contributed by atoms with Crippen molar-refractivity contribution < 1.29 is 0 Å². The minimum absolute atomic E-state index is 0.855. The first kappa shape index (κ1) is 26.4. The monoisotopic (exact) mass is 612 g/mol. The molecule has 214 valence electrons. The lowest BCUT2D eigenvalue weighted by molar-refractivity contribution is 1.17. The molecule has 0 unspecified atom stereocenters. The maximum Gasteiger partial charge on any atom is 0.0547 e. The Kier molecular flexibility index (Phi) is 6.19. The molecule has 0 aliphatic rings. The molecule has 0 saturated carbocycles. The van der Waals surface area contributed by atoms with Crippen LogP contribution in [0.3, 0.4) is 0 Å². The summed E-state index contributed by atoms with van der Waals surface area (Å²) >= 11 is 3.63. The summed E-state index contributed by atoms with van der Waals surface area (Å²) in [5.74, 6) is 0.855. The minimum Gasteiger partial charge on any atom is -0.397 e. The number of fused-ring (bicyclic) bond motifs is 7. The van der Waals surface area contributed by atoms with Crippen LogP contribution in [0.5, 0.6) is 0 Å². The van der Waals surface area contributed by atoms with E-state index in [1.54, 1.807) is 0 Å². The predicted octanol–water partition coefficient (Wildman–Crippen LogP) is 11.8. The molecular weight excluding hydrogens is 585 g/mol. The first-order chi connectivity index (χ1) is 22.2.